The van der Waals surface area contributed by atoms with Gasteiger partial charge in [-0.15, -0.1) is 0 Å². The lowest BCUT2D eigenvalue weighted by molar-refractivity contribution is -0.133. The van der Waals surface area contributed by atoms with E-state index >= 15 is 0 Å². The van der Waals surface area contributed by atoms with Crippen LogP contribution >= 0.6 is 11.6 Å². The van der Waals surface area contributed by atoms with E-state index in [1.807, 2.05) is 23.1 Å². The fourth-order valence-electron chi connectivity index (χ4n) is 3.19. The molecule has 1 aromatic rings. The predicted molar refractivity (Wildman–Crippen MR) is 101 cm³/mol. The number of amides is 1. The molecule has 142 valence electrons. The van der Waals surface area contributed by atoms with Crippen LogP contribution in [0.5, 0.6) is 5.75 Å². The standard InChI is InChI=1S/C18H23ClN2O4S/c19-16-3-1-2-4-17(16)25-11-10-20-6-8-21(9-7-20)18(22)13-15-5-12-26(23,24)14-15/h1-5,12,15H,6-11,13-14H2/t15-/m0/s1. The monoisotopic (exact) mass is 398 g/mol. The van der Waals surface area contributed by atoms with Crippen LogP contribution in [0.4, 0.5) is 0 Å². The maximum Gasteiger partial charge on any atom is 0.223 e. The van der Waals surface area contributed by atoms with Gasteiger partial charge in [0.15, 0.2) is 9.84 Å². The minimum absolute atomic E-state index is 0.0312. The van der Waals surface area contributed by atoms with E-state index in [4.69, 9.17) is 16.3 Å². The lowest BCUT2D eigenvalue weighted by atomic mass is 10.1. The molecule has 1 fully saturated rings. The van der Waals surface area contributed by atoms with Crippen LogP contribution in [0, 0.1) is 5.92 Å². The second-order valence-electron chi connectivity index (χ2n) is 6.62. The van der Waals surface area contributed by atoms with Crippen LogP contribution in [0.3, 0.4) is 0 Å². The zero-order valence-electron chi connectivity index (χ0n) is 14.5. The Kier molecular flexibility index (Phi) is 6.21. The normalized spacial score (nSPS) is 22.5. The highest BCUT2D eigenvalue weighted by Crippen LogP contribution is 2.23. The summed E-state index contributed by atoms with van der Waals surface area (Å²) in [5.41, 5.74) is 0. The van der Waals surface area contributed by atoms with Crippen LogP contribution in [-0.4, -0.2) is 69.2 Å². The van der Waals surface area contributed by atoms with Crippen molar-refractivity contribution >= 4 is 27.3 Å². The summed E-state index contributed by atoms with van der Waals surface area (Å²) in [6, 6.07) is 7.39. The van der Waals surface area contributed by atoms with Gasteiger partial charge < -0.3 is 9.64 Å². The fourth-order valence-corrected chi connectivity index (χ4v) is 4.78. The lowest BCUT2D eigenvalue weighted by Crippen LogP contribution is -2.49. The average Bonchev–Trinajstić information content (AvgIpc) is 2.95. The molecule has 0 N–H and O–H groups in total. The Bertz CT molecular complexity index is 773. The molecule has 0 unspecified atom stereocenters. The third kappa shape index (κ3) is 5.22. The van der Waals surface area contributed by atoms with Gasteiger partial charge in [0.1, 0.15) is 12.4 Å². The van der Waals surface area contributed by atoms with Gasteiger partial charge in [-0.3, -0.25) is 9.69 Å². The van der Waals surface area contributed by atoms with Crippen molar-refractivity contribution in [1.82, 2.24) is 9.80 Å². The average molecular weight is 399 g/mol. The van der Waals surface area contributed by atoms with Gasteiger partial charge in [0.25, 0.3) is 0 Å². The van der Waals surface area contributed by atoms with Crippen molar-refractivity contribution in [3.8, 4) is 5.75 Å². The van der Waals surface area contributed by atoms with Crippen molar-refractivity contribution < 1.29 is 17.9 Å². The Morgan fingerprint density at radius 3 is 2.58 bits per heavy atom. The third-order valence-electron chi connectivity index (χ3n) is 4.67. The molecule has 2 aliphatic heterocycles. The number of para-hydroxylation sites is 1. The van der Waals surface area contributed by atoms with Gasteiger partial charge in [0.2, 0.25) is 5.91 Å². The van der Waals surface area contributed by atoms with E-state index in [9.17, 15) is 13.2 Å². The van der Waals surface area contributed by atoms with Gasteiger partial charge in [0, 0.05) is 50.5 Å². The highest BCUT2D eigenvalue weighted by molar-refractivity contribution is 7.94. The number of allylic oxidation sites excluding steroid dienone is 1. The number of hydrogen-bond donors (Lipinski definition) is 0. The van der Waals surface area contributed by atoms with Gasteiger partial charge in [-0.1, -0.05) is 29.8 Å². The summed E-state index contributed by atoms with van der Waals surface area (Å²) in [5.74, 6) is 0.582. The molecule has 0 radical (unpaired) electrons. The van der Waals surface area contributed by atoms with Gasteiger partial charge in [-0.25, -0.2) is 8.42 Å². The highest BCUT2D eigenvalue weighted by atomic mass is 35.5. The first-order valence-corrected chi connectivity index (χ1v) is 10.8. The summed E-state index contributed by atoms with van der Waals surface area (Å²) < 4.78 is 28.6. The van der Waals surface area contributed by atoms with Crippen LogP contribution in [0.25, 0.3) is 0 Å². The number of benzene rings is 1. The molecule has 1 atom stereocenters. The lowest BCUT2D eigenvalue weighted by Gasteiger charge is -2.35. The first-order chi connectivity index (χ1) is 12.4. The van der Waals surface area contributed by atoms with Crippen molar-refractivity contribution in [3.05, 3.63) is 40.8 Å². The second-order valence-corrected chi connectivity index (χ2v) is 8.96. The first-order valence-electron chi connectivity index (χ1n) is 8.71. The van der Waals surface area contributed by atoms with E-state index in [1.165, 1.54) is 5.41 Å². The van der Waals surface area contributed by atoms with Crippen molar-refractivity contribution in [2.75, 3.05) is 45.1 Å². The quantitative estimate of drug-likeness (QED) is 0.731. The molecular weight excluding hydrogens is 376 g/mol. The molecule has 1 amide bonds. The number of hydrogen-bond acceptors (Lipinski definition) is 5. The zero-order valence-corrected chi connectivity index (χ0v) is 16.1. The summed E-state index contributed by atoms with van der Waals surface area (Å²) in [4.78, 5) is 16.4. The Labute approximate surface area is 159 Å². The Hall–Kier alpha value is -1.57. The smallest absolute Gasteiger partial charge is 0.223 e. The molecule has 0 aliphatic carbocycles. The topological polar surface area (TPSA) is 66.9 Å². The van der Waals surface area contributed by atoms with Crippen molar-refractivity contribution in [2.45, 2.75) is 6.42 Å². The molecule has 8 heteroatoms. The van der Waals surface area contributed by atoms with E-state index in [2.05, 4.69) is 4.90 Å². The number of sulfone groups is 1. The number of nitrogens with zero attached hydrogens (tertiary/aromatic N) is 2. The van der Waals surface area contributed by atoms with Crippen molar-refractivity contribution in [1.29, 1.82) is 0 Å². The SMILES string of the molecule is O=C(C[C@@H]1C=CS(=O)(=O)C1)N1CCN(CCOc2ccccc2Cl)CC1. The molecule has 26 heavy (non-hydrogen) atoms. The molecule has 3 rings (SSSR count). The van der Waals surface area contributed by atoms with Crippen LogP contribution < -0.4 is 4.74 Å². The molecule has 0 spiro atoms. The molecule has 0 aromatic heterocycles. The summed E-state index contributed by atoms with van der Waals surface area (Å²) in [6.07, 6.45) is 1.90. The van der Waals surface area contributed by atoms with Crippen LogP contribution in [-0.2, 0) is 14.6 Å². The molecule has 2 aliphatic rings. The minimum atomic E-state index is -3.10. The largest absolute Gasteiger partial charge is 0.491 e. The van der Waals surface area contributed by atoms with Crippen molar-refractivity contribution in [3.63, 3.8) is 0 Å². The molecule has 6 nitrogen and oxygen atoms in total. The minimum Gasteiger partial charge on any atom is -0.491 e. The number of carbonyl (C=O) groups excluding carboxylic acids is 1. The summed E-state index contributed by atoms with van der Waals surface area (Å²) in [6.45, 7) is 4.22. The van der Waals surface area contributed by atoms with E-state index in [-0.39, 0.29) is 24.0 Å². The fraction of sp³-hybridized carbons (Fsp3) is 0.500. The van der Waals surface area contributed by atoms with Gasteiger partial charge >= 0.3 is 0 Å². The number of ether oxygens (including phenoxy) is 1. The molecule has 2 heterocycles. The van der Waals surface area contributed by atoms with E-state index < -0.39 is 9.84 Å². The van der Waals surface area contributed by atoms with E-state index in [0.29, 0.717) is 30.5 Å². The van der Waals surface area contributed by atoms with Crippen LogP contribution in [0.2, 0.25) is 5.02 Å². The highest BCUT2D eigenvalue weighted by Gasteiger charge is 2.27. The van der Waals surface area contributed by atoms with Gasteiger partial charge in [-0.05, 0) is 12.1 Å². The Morgan fingerprint density at radius 2 is 1.92 bits per heavy atom. The zero-order chi connectivity index (χ0) is 18.6. The number of piperazine rings is 1. The van der Waals surface area contributed by atoms with Crippen molar-refractivity contribution in [2.24, 2.45) is 5.92 Å². The molecule has 1 aromatic carbocycles. The maximum atomic E-state index is 12.3. The van der Waals surface area contributed by atoms with Gasteiger partial charge in [0.05, 0.1) is 10.8 Å². The van der Waals surface area contributed by atoms with Gasteiger partial charge in [-0.2, -0.15) is 0 Å². The molecule has 0 bridgehead atoms. The van der Waals surface area contributed by atoms with Crippen LogP contribution in [0.1, 0.15) is 6.42 Å². The summed E-state index contributed by atoms with van der Waals surface area (Å²) >= 11 is 6.06. The predicted octanol–water partition coefficient (Wildman–Crippen LogP) is 1.81. The Morgan fingerprint density at radius 1 is 1.19 bits per heavy atom. The number of carbonyl (C=O) groups is 1. The maximum absolute atomic E-state index is 12.3. The molecular formula is C18H23ClN2O4S. The third-order valence-corrected chi connectivity index (χ3v) is 6.44. The van der Waals surface area contributed by atoms with Crippen LogP contribution in [0.15, 0.2) is 35.7 Å². The summed E-state index contributed by atoms with van der Waals surface area (Å²) in [5, 5.41) is 1.83. The number of halogens is 1. The number of rotatable bonds is 6. The summed E-state index contributed by atoms with van der Waals surface area (Å²) in [7, 11) is -3.10. The molecule has 1 saturated heterocycles. The first kappa shape index (κ1) is 19.2. The van der Waals surface area contributed by atoms with E-state index in [1.54, 1.807) is 12.1 Å². The Balaban J connectivity index is 1.37. The second kappa shape index (κ2) is 8.41. The van der Waals surface area contributed by atoms with E-state index in [0.717, 1.165) is 19.6 Å². The molecule has 0 saturated carbocycles.